The zero-order chi connectivity index (χ0) is 10.7. The number of halogens is 2. The van der Waals surface area contributed by atoms with E-state index in [0.29, 0.717) is 5.56 Å². The molecular weight excluding hydrogens is 263 g/mol. The van der Waals surface area contributed by atoms with Crippen molar-refractivity contribution in [3.05, 3.63) is 24.0 Å². The standard InChI is InChI=1S/C10H14N4O.2ClH/c11-10(15)8-7-13-2-1-9(8)14-5-3-12-4-6-14;;/h1-2,7,12H,3-6H2,(H2,11,15);2*1H. The van der Waals surface area contributed by atoms with Crippen molar-refractivity contribution in [2.45, 2.75) is 0 Å². The van der Waals surface area contributed by atoms with Crippen molar-refractivity contribution >= 4 is 36.4 Å². The number of hydrogen-bond donors (Lipinski definition) is 2. The van der Waals surface area contributed by atoms with Gasteiger partial charge < -0.3 is 16.0 Å². The molecule has 2 heterocycles. The van der Waals surface area contributed by atoms with E-state index in [1.54, 1.807) is 6.20 Å². The van der Waals surface area contributed by atoms with Gasteiger partial charge >= 0.3 is 0 Å². The molecule has 1 fully saturated rings. The van der Waals surface area contributed by atoms with Crippen LogP contribution in [0.4, 0.5) is 5.69 Å². The number of pyridine rings is 1. The molecule has 0 unspecified atom stereocenters. The first-order valence-corrected chi connectivity index (χ1v) is 4.98. The summed E-state index contributed by atoms with van der Waals surface area (Å²) in [5.74, 6) is -0.420. The van der Waals surface area contributed by atoms with Crippen molar-refractivity contribution in [3.8, 4) is 0 Å². The molecule has 0 radical (unpaired) electrons. The highest BCUT2D eigenvalue weighted by Gasteiger charge is 2.16. The summed E-state index contributed by atoms with van der Waals surface area (Å²) in [6.07, 6.45) is 3.21. The van der Waals surface area contributed by atoms with Gasteiger partial charge in [-0.15, -0.1) is 24.8 Å². The molecule has 3 N–H and O–H groups in total. The maximum absolute atomic E-state index is 11.2. The number of piperazine rings is 1. The number of carbonyl (C=O) groups excluding carboxylic acids is 1. The van der Waals surface area contributed by atoms with Gasteiger partial charge in [-0.3, -0.25) is 9.78 Å². The molecule has 1 aliphatic heterocycles. The summed E-state index contributed by atoms with van der Waals surface area (Å²) in [6, 6.07) is 1.84. The van der Waals surface area contributed by atoms with Crippen LogP contribution in [-0.2, 0) is 0 Å². The highest BCUT2D eigenvalue weighted by atomic mass is 35.5. The summed E-state index contributed by atoms with van der Waals surface area (Å²) in [7, 11) is 0. The summed E-state index contributed by atoms with van der Waals surface area (Å²) >= 11 is 0. The van der Waals surface area contributed by atoms with Gasteiger partial charge in [-0.2, -0.15) is 0 Å². The molecule has 0 aliphatic carbocycles. The van der Waals surface area contributed by atoms with Crippen molar-refractivity contribution in [1.29, 1.82) is 0 Å². The molecule has 0 aromatic carbocycles. The number of anilines is 1. The van der Waals surface area contributed by atoms with Crippen LogP contribution in [0.5, 0.6) is 0 Å². The molecule has 1 aromatic rings. The Morgan fingerprint density at radius 2 is 2.00 bits per heavy atom. The van der Waals surface area contributed by atoms with E-state index in [2.05, 4.69) is 15.2 Å². The lowest BCUT2D eigenvalue weighted by Gasteiger charge is -2.30. The third-order valence-electron chi connectivity index (χ3n) is 2.52. The van der Waals surface area contributed by atoms with Crippen LogP contribution in [0.3, 0.4) is 0 Å². The molecule has 1 aromatic heterocycles. The topological polar surface area (TPSA) is 71.2 Å². The van der Waals surface area contributed by atoms with E-state index in [-0.39, 0.29) is 24.8 Å². The van der Waals surface area contributed by atoms with Crippen LogP contribution >= 0.6 is 24.8 Å². The number of amides is 1. The Balaban J connectivity index is 0.00000128. The second-order valence-corrected chi connectivity index (χ2v) is 3.49. The van der Waals surface area contributed by atoms with Gasteiger partial charge in [-0.1, -0.05) is 0 Å². The summed E-state index contributed by atoms with van der Waals surface area (Å²) < 4.78 is 0. The normalized spacial score (nSPS) is 14.5. The summed E-state index contributed by atoms with van der Waals surface area (Å²) in [5, 5.41) is 3.26. The van der Waals surface area contributed by atoms with Crippen LogP contribution in [0.1, 0.15) is 10.4 Å². The Hall–Kier alpha value is -1.04. The van der Waals surface area contributed by atoms with Gasteiger partial charge in [-0.05, 0) is 6.07 Å². The van der Waals surface area contributed by atoms with Crippen molar-refractivity contribution in [2.75, 3.05) is 31.1 Å². The quantitative estimate of drug-likeness (QED) is 0.823. The molecule has 0 atom stereocenters. The molecule has 96 valence electrons. The molecule has 2 rings (SSSR count). The number of hydrogen-bond acceptors (Lipinski definition) is 4. The van der Waals surface area contributed by atoms with Crippen molar-refractivity contribution < 1.29 is 4.79 Å². The van der Waals surface area contributed by atoms with Crippen molar-refractivity contribution in [3.63, 3.8) is 0 Å². The summed E-state index contributed by atoms with van der Waals surface area (Å²) in [4.78, 5) is 17.3. The molecular formula is C10H16Cl2N4O. The van der Waals surface area contributed by atoms with Crippen LogP contribution in [0.25, 0.3) is 0 Å². The number of rotatable bonds is 2. The predicted octanol–water partition coefficient (Wildman–Crippen LogP) is 0.434. The third kappa shape index (κ3) is 3.73. The van der Waals surface area contributed by atoms with E-state index in [9.17, 15) is 4.79 Å². The Morgan fingerprint density at radius 3 is 2.59 bits per heavy atom. The summed E-state index contributed by atoms with van der Waals surface area (Å²) in [6.45, 7) is 3.65. The molecule has 1 saturated heterocycles. The molecule has 7 heteroatoms. The average Bonchev–Trinajstić information content (AvgIpc) is 2.30. The first-order chi connectivity index (χ1) is 7.29. The first kappa shape index (κ1) is 16.0. The monoisotopic (exact) mass is 278 g/mol. The first-order valence-electron chi connectivity index (χ1n) is 4.98. The molecule has 1 aliphatic rings. The number of aromatic nitrogens is 1. The maximum Gasteiger partial charge on any atom is 0.252 e. The molecule has 0 spiro atoms. The highest BCUT2D eigenvalue weighted by Crippen LogP contribution is 2.18. The highest BCUT2D eigenvalue weighted by molar-refractivity contribution is 5.98. The van der Waals surface area contributed by atoms with Crippen LogP contribution in [0.15, 0.2) is 18.5 Å². The predicted molar refractivity (Wildman–Crippen MR) is 72.3 cm³/mol. The molecule has 1 amide bonds. The minimum absolute atomic E-state index is 0. The second-order valence-electron chi connectivity index (χ2n) is 3.49. The number of primary amides is 1. The van der Waals surface area contributed by atoms with Gasteiger partial charge in [0.2, 0.25) is 0 Å². The minimum Gasteiger partial charge on any atom is -0.368 e. The lowest BCUT2D eigenvalue weighted by Crippen LogP contribution is -2.44. The van der Waals surface area contributed by atoms with Crippen molar-refractivity contribution in [1.82, 2.24) is 10.3 Å². The fourth-order valence-corrected chi connectivity index (χ4v) is 1.76. The Kier molecular flexibility index (Phi) is 6.87. The smallest absolute Gasteiger partial charge is 0.252 e. The maximum atomic E-state index is 11.2. The van der Waals surface area contributed by atoms with E-state index < -0.39 is 5.91 Å². The van der Waals surface area contributed by atoms with E-state index in [4.69, 9.17) is 5.73 Å². The summed E-state index contributed by atoms with van der Waals surface area (Å²) in [5.41, 5.74) is 6.69. The van der Waals surface area contributed by atoms with E-state index in [0.717, 1.165) is 31.9 Å². The van der Waals surface area contributed by atoms with Crippen LogP contribution in [0.2, 0.25) is 0 Å². The lowest BCUT2D eigenvalue weighted by molar-refractivity contribution is 0.100. The molecule has 17 heavy (non-hydrogen) atoms. The van der Waals surface area contributed by atoms with Gasteiger partial charge in [0.05, 0.1) is 11.3 Å². The van der Waals surface area contributed by atoms with Crippen LogP contribution < -0.4 is 16.0 Å². The third-order valence-corrected chi connectivity index (χ3v) is 2.52. The molecule has 0 saturated carbocycles. The fourth-order valence-electron chi connectivity index (χ4n) is 1.76. The van der Waals surface area contributed by atoms with Gasteiger partial charge in [0.15, 0.2) is 0 Å². The number of nitrogens with one attached hydrogen (secondary N) is 1. The zero-order valence-electron chi connectivity index (χ0n) is 9.26. The van der Waals surface area contributed by atoms with Crippen LogP contribution in [0, 0.1) is 0 Å². The Morgan fingerprint density at radius 1 is 1.35 bits per heavy atom. The molecule has 0 bridgehead atoms. The van der Waals surface area contributed by atoms with Gasteiger partial charge in [0, 0.05) is 38.6 Å². The lowest BCUT2D eigenvalue weighted by atomic mass is 10.2. The van der Waals surface area contributed by atoms with Gasteiger partial charge in [0.25, 0.3) is 5.91 Å². The minimum atomic E-state index is -0.420. The van der Waals surface area contributed by atoms with Crippen LogP contribution in [-0.4, -0.2) is 37.1 Å². The average molecular weight is 279 g/mol. The van der Waals surface area contributed by atoms with Crippen molar-refractivity contribution in [2.24, 2.45) is 5.73 Å². The van der Waals surface area contributed by atoms with Gasteiger partial charge in [-0.25, -0.2) is 0 Å². The second kappa shape index (κ2) is 7.32. The largest absolute Gasteiger partial charge is 0.368 e. The zero-order valence-corrected chi connectivity index (χ0v) is 10.9. The SMILES string of the molecule is Cl.Cl.NC(=O)c1cnccc1N1CCNCC1. The Labute approximate surface area is 113 Å². The number of nitrogens with zero attached hydrogens (tertiary/aromatic N) is 2. The van der Waals surface area contributed by atoms with E-state index in [1.807, 2.05) is 6.07 Å². The number of nitrogens with two attached hydrogens (primary N) is 1. The Bertz CT molecular complexity index is 369. The van der Waals surface area contributed by atoms with Gasteiger partial charge in [0.1, 0.15) is 0 Å². The fraction of sp³-hybridized carbons (Fsp3) is 0.400. The van der Waals surface area contributed by atoms with E-state index in [1.165, 1.54) is 6.20 Å². The number of carbonyl (C=O) groups is 1. The van der Waals surface area contributed by atoms with E-state index >= 15 is 0 Å². The molecule has 5 nitrogen and oxygen atoms in total.